The van der Waals surface area contributed by atoms with Gasteiger partial charge in [-0.25, -0.2) is 0 Å². The van der Waals surface area contributed by atoms with E-state index in [2.05, 4.69) is 10.6 Å². The zero-order valence-corrected chi connectivity index (χ0v) is 13.0. The maximum Gasteiger partial charge on any atom is 0.322 e. The molecule has 8 heteroatoms. The van der Waals surface area contributed by atoms with Crippen molar-refractivity contribution in [1.29, 1.82) is 0 Å². The summed E-state index contributed by atoms with van der Waals surface area (Å²) in [5.41, 5.74) is 0.472. The molecule has 0 unspecified atom stereocenters. The molecule has 0 fully saturated rings. The highest BCUT2D eigenvalue weighted by Crippen LogP contribution is 2.12. The van der Waals surface area contributed by atoms with Crippen LogP contribution in [-0.2, 0) is 9.59 Å². The lowest BCUT2D eigenvalue weighted by Gasteiger charge is -2.09. The first-order chi connectivity index (χ1) is 11.5. The van der Waals surface area contributed by atoms with Gasteiger partial charge in [-0.1, -0.05) is 23.7 Å². The molecular formula is C16H13ClN2O5. The molecule has 2 rings (SSSR count). The van der Waals surface area contributed by atoms with Gasteiger partial charge in [-0.05, 0) is 35.9 Å². The molecule has 0 aliphatic carbocycles. The van der Waals surface area contributed by atoms with Crippen LogP contribution >= 0.6 is 11.6 Å². The Hall–Kier alpha value is -3.06. The third-order valence-electron chi connectivity index (χ3n) is 2.82. The highest BCUT2D eigenvalue weighted by atomic mass is 35.5. The number of carbonyl (C=O) groups is 3. The van der Waals surface area contributed by atoms with E-state index in [1.807, 2.05) is 0 Å². The van der Waals surface area contributed by atoms with E-state index in [1.54, 1.807) is 24.3 Å². The molecule has 124 valence electrons. The topological polar surface area (TPSA) is 109 Å². The molecule has 0 atom stereocenters. The van der Waals surface area contributed by atoms with Crippen LogP contribution in [0.15, 0.2) is 52.8 Å². The van der Waals surface area contributed by atoms with E-state index in [1.165, 1.54) is 24.5 Å². The molecule has 1 heterocycles. The van der Waals surface area contributed by atoms with E-state index in [9.17, 15) is 14.4 Å². The van der Waals surface area contributed by atoms with E-state index in [0.29, 0.717) is 10.6 Å². The van der Waals surface area contributed by atoms with Crippen LogP contribution in [0, 0.1) is 0 Å². The van der Waals surface area contributed by atoms with E-state index in [-0.39, 0.29) is 11.5 Å². The Morgan fingerprint density at radius 2 is 1.88 bits per heavy atom. The van der Waals surface area contributed by atoms with Crippen LogP contribution in [0.4, 0.5) is 0 Å². The van der Waals surface area contributed by atoms with Crippen LogP contribution in [0.2, 0.25) is 5.02 Å². The van der Waals surface area contributed by atoms with Gasteiger partial charge in [0.2, 0.25) is 0 Å². The molecule has 0 bridgehead atoms. The molecule has 3 N–H and O–H groups in total. The smallest absolute Gasteiger partial charge is 0.322 e. The average Bonchev–Trinajstić information content (AvgIpc) is 3.08. The molecule has 0 aliphatic heterocycles. The van der Waals surface area contributed by atoms with Gasteiger partial charge >= 0.3 is 5.97 Å². The minimum atomic E-state index is -1.20. The Labute approximate surface area is 141 Å². The number of nitrogens with one attached hydrogen (secondary N) is 2. The molecule has 0 radical (unpaired) electrons. The van der Waals surface area contributed by atoms with Crippen LogP contribution in [0.5, 0.6) is 0 Å². The van der Waals surface area contributed by atoms with Crippen molar-refractivity contribution in [2.75, 3.05) is 6.54 Å². The summed E-state index contributed by atoms with van der Waals surface area (Å²) >= 11 is 5.80. The average molecular weight is 349 g/mol. The predicted octanol–water partition coefficient (Wildman–Crippen LogP) is 1.90. The van der Waals surface area contributed by atoms with Gasteiger partial charge in [0.05, 0.1) is 6.26 Å². The third-order valence-corrected chi connectivity index (χ3v) is 3.07. The fourth-order valence-electron chi connectivity index (χ4n) is 1.73. The minimum Gasteiger partial charge on any atom is -0.480 e. The maximum absolute atomic E-state index is 12.1. The number of hydrogen-bond donors (Lipinski definition) is 3. The fraction of sp³-hybridized carbons (Fsp3) is 0.0625. The Morgan fingerprint density at radius 1 is 1.17 bits per heavy atom. The molecule has 0 spiro atoms. The summed E-state index contributed by atoms with van der Waals surface area (Å²) in [6.45, 7) is -0.576. The lowest BCUT2D eigenvalue weighted by atomic mass is 10.2. The summed E-state index contributed by atoms with van der Waals surface area (Å²) in [5, 5.41) is 13.7. The largest absolute Gasteiger partial charge is 0.480 e. The third kappa shape index (κ3) is 4.99. The van der Waals surface area contributed by atoms with Crippen LogP contribution in [0.3, 0.4) is 0 Å². The first-order valence-corrected chi connectivity index (χ1v) is 7.15. The van der Waals surface area contributed by atoms with Crippen molar-refractivity contribution in [3.05, 3.63) is 64.7 Å². The molecular weight excluding hydrogens is 336 g/mol. The molecule has 2 aromatic rings. The number of hydrogen-bond acceptors (Lipinski definition) is 4. The van der Waals surface area contributed by atoms with E-state index in [0.717, 1.165) is 0 Å². The Kier molecular flexibility index (Phi) is 5.75. The number of benzene rings is 1. The standard InChI is InChI=1S/C16H13ClN2O5/c17-11-5-3-10(4-6-11)8-12(15(22)18-9-14(20)21)19-16(23)13-2-1-7-24-13/h1-8H,9H2,(H,18,22)(H,19,23)(H,20,21)/b12-8+. The summed E-state index contributed by atoms with van der Waals surface area (Å²) in [6.07, 6.45) is 2.72. The van der Waals surface area contributed by atoms with Crippen molar-refractivity contribution in [3.8, 4) is 0 Å². The Bertz CT molecular complexity index is 766. The molecule has 1 aromatic carbocycles. The maximum atomic E-state index is 12.1. The number of amides is 2. The Balaban J connectivity index is 2.23. The van der Waals surface area contributed by atoms with Crippen molar-refractivity contribution in [2.24, 2.45) is 0 Å². The predicted molar refractivity (Wildman–Crippen MR) is 86.2 cm³/mol. The van der Waals surface area contributed by atoms with Gasteiger partial charge in [0.15, 0.2) is 5.76 Å². The Morgan fingerprint density at radius 3 is 2.46 bits per heavy atom. The second kappa shape index (κ2) is 7.98. The van der Waals surface area contributed by atoms with Gasteiger partial charge in [-0.2, -0.15) is 0 Å². The second-order valence-electron chi connectivity index (χ2n) is 4.62. The number of aliphatic carboxylic acids is 1. The molecule has 0 saturated heterocycles. The zero-order chi connectivity index (χ0) is 17.5. The SMILES string of the molecule is O=C(O)CNC(=O)/C(=C\c1ccc(Cl)cc1)NC(=O)c1ccco1. The number of carbonyl (C=O) groups excluding carboxylic acids is 2. The summed E-state index contributed by atoms with van der Waals surface area (Å²) in [7, 11) is 0. The monoisotopic (exact) mass is 348 g/mol. The van der Waals surface area contributed by atoms with Crippen LogP contribution in [0.1, 0.15) is 16.1 Å². The van der Waals surface area contributed by atoms with Crippen LogP contribution in [-0.4, -0.2) is 29.4 Å². The highest BCUT2D eigenvalue weighted by Gasteiger charge is 2.16. The first-order valence-electron chi connectivity index (χ1n) is 6.78. The normalized spacial score (nSPS) is 11.0. The lowest BCUT2D eigenvalue weighted by Crippen LogP contribution is -2.37. The van der Waals surface area contributed by atoms with E-state index >= 15 is 0 Å². The van der Waals surface area contributed by atoms with Crippen molar-refractivity contribution in [1.82, 2.24) is 10.6 Å². The van der Waals surface area contributed by atoms with Gasteiger partial charge in [0.1, 0.15) is 12.2 Å². The summed E-state index contributed by atoms with van der Waals surface area (Å²) in [4.78, 5) is 34.7. The van der Waals surface area contributed by atoms with E-state index in [4.69, 9.17) is 21.1 Å². The molecule has 0 aliphatic rings. The van der Waals surface area contributed by atoms with Crippen LogP contribution in [0.25, 0.3) is 6.08 Å². The molecule has 7 nitrogen and oxygen atoms in total. The molecule has 1 aromatic heterocycles. The van der Waals surface area contributed by atoms with Gasteiger partial charge < -0.3 is 20.2 Å². The molecule has 2 amide bonds. The number of halogens is 1. The minimum absolute atomic E-state index is 0.0167. The number of carboxylic acids is 1. The zero-order valence-electron chi connectivity index (χ0n) is 12.3. The van der Waals surface area contributed by atoms with Crippen molar-refractivity contribution >= 4 is 35.5 Å². The molecule has 0 saturated carbocycles. The van der Waals surface area contributed by atoms with Crippen molar-refractivity contribution < 1.29 is 23.9 Å². The number of carboxylic acid groups (broad SMARTS) is 1. The fourth-order valence-corrected chi connectivity index (χ4v) is 1.85. The first kappa shape index (κ1) is 17.3. The van der Waals surface area contributed by atoms with Gasteiger partial charge in [0.25, 0.3) is 11.8 Å². The van der Waals surface area contributed by atoms with Gasteiger partial charge in [-0.15, -0.1) is 0 Å². The summed E-state index contributed by atoms with van der Waals surface area (Å²) < 4.78 is 4.96. The van der Waals surface area contributed by atoms with E-state index < -0.39 is 24.3 Å². The summed E-state index contributed by atoms with van der Waals surface area (Å²) in [6, 6.07) is 9.49. The van der Waals surface area contributed by atoms with Gasteiger partial charge in [0, 0.05) is 5.02 Å². The number of furan rings is 1. The van der Waals surface area contributed by atoms with Gasteiger partial charge in [-0.3, -0.25) is 14.4 Å². The molecule has 24 heavy (non-hydrogen) atoms. The summed E-state index contributed by atoms with van der Waals surface area (Å²) in [5.74, 6) is -2.56. The second-order valence-corrected chi connectivity index (χ2v) is 5.05. The van der Waals surface area contributed by atoms with Crippen LogP contribution < -0.4 is 10.6 Å². The highest BCUT2D eigenvalue weighted by molar-refractivity contribution is 6.30. The van der Waals surface area contributed by atoms with Crippen molar-refractivity contribution in [2.45, 2.75) is 0 Å². The number of rotatable bonds is 6. The lowest BCUT2D eigenvalue weighted by molar-refractivity contribution is -0.137. The quantitative estimate of drug-likeness (QED) is 0.691. The van der Waals surface area contributed by atoms with Crippen molar-refractivity contribution in [3.63, 3.8) is 0 Å².